The van der Waals surface area contributed by atoms with E-state index in [2.05, 4.69) is 25.5 Å². The number of rotatable bonds is 8. The van der Waals surface area contributed by atoms with Crippen molar-refractivity contribution < 1.29 is 13.9 Å². The molecule has 0 aliphatic heterocycles. The molecule has 30 heavy (non-hydrogen) atoms. The van der Waals surface area contributed by atoms with Gasteiger partial charge in [-0.3, -0.25) is 14.3 Å². The maximum atomic E-state index is 12.5. The Hall–Kier alpha value is -3.66. The Morgan fingerprint density at radius 2 is 2.10 bits per heavy atom. The zero-order valence-electron chi connectivity index (χ0n) is 16.1. The van der Waals surface area contributed by atoms with Crippen LogP contribution in [0.15, 0.2) is 70.8 Å². The number of nitrogens with zero attached hydrogens (tertiary/aromatic N) is 5. The van der Waals surface area contributed by atoms with Crippen molar-refractivity contribution in [2.24, 2.45) is 0 Å². The predicted octanol–water partition coefficient (Wildman–Crippen LogP) is 3.12. The molecule has 4 rings (SSSR count). The van der Waals surface area contributed by atoms with E-state index >= 15 is 0 Å². The fraction of sp³-hybridized carbons (Fsp3) is 0.150. The molecule has 0 radical (unpaired) electrons. The lowest BCUT2D eigenvalue weighted by Gasteiger charge is -2.10. The topological polar surface area (TPSA) is 108 Å². The summed E-state index contributed by atoms with van der Waals surface area (Å²) in [5, 5.41) is 11.9. The van der Waals surface area contributed by atoms with Gasteiger partial charge in [-0.25, -0.2) is 4.98 Å². The Kier molecular flexibility index (Phi) is 6.04. The van der Waals surface area contributed by atoms with Crippen LogP contribution in [-0.4, -0.2) is 43.5 Å². The molecule has 1 amide bonds. The second-order valence-electron chi connectivity index (χ2n) is 6.10. The molecule has 0 aliphatic rings. The minimum atomic E-state index is -0.182. The molecule has 3 heterocycles. The van der Waals surface area contributed by atoms with Crippen LogP contribution >= 0.6 is 11.8 Å². The summed E-state index contributed by atoms with van der Waals surface area (Å²) in [4.78, 5) is 20.9. The number of para-hydroxylation sites is 2. The molecular weight excluding hydrogens is 404 g/mol. The largest absolute Gasteiger partial charge is 0.495 e. The molecule has 9 nitrogen and oxygen atoms in total. The SMILES string of the molecule is COc1ccccc1NC(=O)CSc1nnc(-c2cnccn2)n1Cc1ccco1. The number of methoxy groups -OCH3 is 1. The van der Waals surface area contributed by atoms with Gasteiger partial charge in [-0.05, 0) is 24.3 Å². The number of furan rings is 1. The number of aromatic nitrogens is 5. The van der Waals surface area contributed by atoms with Gasteiger partial charge in [0.25, 0.3) is 0 Å². The van der Waals surface area contributed by atoms with Gasteiger partial charge in [0.2, 0.25) is 5.91 Å². The van der Waals surface area contributed by atoms with Crippen molar-refractivity contribution in [2.45, 2.75) is 11.7 Å². The number of anilines is 1. The van der Waals surface area contributed by atoms with E-state index in [1.807, 2.05) is 28.8 Å². The zero-order valence-corrected chi connectivity index (χ0v) is 16.9. The fourth-order valence-electron chi connectivity index (χ4n) is 2.76. The normalized spacial score (nSPS) is 10.7. The van der Waals surface area contributed by atoms with Gasteiger partial charge < -0.3 is 14.5 Å². The van der Waals surface area contributed by atoms with Crippen molar-refractivity contribution >= 4 is 23.4 Å². The van der Waals surface area contributed by atoms with Crippen molar-refractivity contribution in [3.05, 3.63) is 67.0 Å². The van der Waals surface area contributed by atoms with Crippen LogP contribution in [0.2, 0.25) is 0 Å². The smallest absolute Gasteiger partial charge is 0.234 e. The number of hydrogen-bond donors (Lipinski definition) is 1. The summed E-state index contributed by atoms with van der Waals surface area (Å²) in [6.07, 6.45) is 6.41. The van der Waals surface area contributed by atoms with Gasteiger partial charge in [0.1, 0.15) is 17.2 Å². The number of carbonyl (C=O) groups excluding carboxylic acids is 1. The first-order valence-corrected chi connectivity index (χ1v) is 10.0. The maximum absolute atomic E-state index is 12.5. The van der Waals surface area contributed by atoms with Crippen LogP contribution in [0.4, 0.5) is 5.69 Å². The van der Waals surface area contributed by atoms with Gasteiger partial charge >= 0.3 is 0 Å². The van der Waals surface area contributed by atoms with Crippen molar-refractivity contribution in [2.75, 3.05) is 18.2 Å². The molecule has 0 unspecified atom stereocenters. The van der Waals surface area contributed by atoms with E-state index in [0.717, 1.165) is 5.76 Å². The van der Waals surface area contributed by atoms with Crippen LogP contribution in [0.1, 0.15) is 5.76 Å². The summed E-state index contributed by atoms with van der Waals surface area (Å²) >= 11 is 1.27. The van der Waals surface area contributed by atoms with Crippen LogP contribution in [0.5, 0.6) is 5.75 Å². The molecule has 0 aliphatic carbocycles. The monoisotopic (exact) mass is 422 g/mol. The number of hydrogen-bond acceptors (Lipinski definition) is 8. The highest BCUT2D eigenvalue weighted by Crippen LogP contribution is 2.26. The van der Waals surface area contributed by atoms with E-state index in [0.29, 0.717) is 34.7 Å². The third kappa shape index (κ3) is 4.49. The van der Waals surface area contributed by atoms with Gasteiger partial charge in [0.05, 0.1) is 37.6 Å². The second-order valence-corrected chi connectivity index (χ2v) is 7.04. The third-order valence-corrected chi connectivity index (χ3v) is 5.08. The number of thioether (sulfide) groups is 1. The van der Waals surface area contributed by atoms with Crippen LogP contribution in [0.25, 0.3) is 11.5 Å². The van der Waals surface area contributed by atoms with Gasteiger partial charge in [0.15, 0.2) is 11.0 Å². The molecule has 0 saturated heterocycles. The van der Waals surface area contributed by atoms with E-state index in [-0.39, 0.29) is 11.7 Å². The van der Waals surface area contributed by atoms with E-state index in [1.165, 1.54) is 11.8 Å². The van der Waals surface area contributed by atoms with Crippen LogP contribution in [-0.2, 0) is 11.3 Å². The van der Waals surface area contributed by atoms with Crippen LogP contribution in [0, 0.1) is 0 Å². The molecule has 0 bridgehead atoms. The molecule has 0 spiro atoms. The first kappa shape index (κ1) is 19.6. The Morgan fingerprint density at radius 1 is 1.20 bits per heavy atom. The van der Waals surface area contributed by atoms with E-state index in [9.17, 15) is 4.79 Å². The van der Waals surface area contributed by atoms with Gasteiger partial charge in [-0.2, -0.15) is 0 Å². The molecule has 3 aromatic heterocycles. The summed E-state index contributed by atoms with van der Waals surface area (Å²) in [6.45, 7) is 0.405. The number of carbonyl (C=O) groups is 1. The van der Waals surface area contributed by atoms with Gasteiger partial charge in [-0.1, -0.05) is 23.9 Å². The molecule has 10 heteroatoms. The third-order valence-electron chi connectivity index (χ3n) is 4.12. The molecule has 1 N–H and O–H groups in total. The first-order valence-electron chi connectivity index (χ1n) is 9.02. The predicted molar refractivity (Wildman–Crippen MR) is 111 cm³/mol. The van der Waals surface area contributed by atoms with Crippen LogP contribution in [0.3, 0.4) is 0 Å². The Morgan fingerprint density at radius 3 is 2.87 bits per heavy atom. The number of ether oxygens (including phenoxy) is 1. The molecule has 0 saturated carbocycles. The standard InChI is InChI=1S/C20H18N6O3S/c1-28-17-7-3-2-6-15(17)23-18(27)13-30-20-25-24-19(16-11-21-8-9-22-16)26(20)12-14-5-4-10-29-14/h2-11H,12-13H2,1H3,(H,23,27). The zero-order chi connectivity index (χ0) is 20.8. The highest BCUT2D eigenvalue weighted by Gasteiger charge is 2.18. The molecule has 4 aromatic rings. The first-order chi connectivity index (χ1) is 14.7. The average Bonchev–Trinajstić information content (AvgIpc) is 3.44. The summed E-state index contributed by atoms with van der Waals surface area (Å²) in [5.41, 5.74) is 1.20. The van der Waals surface area contributed by atoms with E-state index in [4.69, 9.17) is 9.15 Å². The molecular formula is C20H18N6O3S. The van der Waals surface area contributed by atoms with Crippen molar-refractivity contribution in [3.63, 3.8) is 0 Å². The highest BCUT2D eigenvalue weighted by atomic mass is 32.2. The Bertz CT molecular complexity index is 1110. The number of nitrogens with one attached hydrogen (secondary N) is 1. The maximum Gasteiger partial charge on any atom is 0.234 e. The number of amides is 1. The lowest BCUT2D eigenvalue weighted by atomic mass is 10.3. The summed E-state index contributed by atoms with van der Waals surface area (Å²) in [5.74, 6) is 1.85. The summed E-state index contributed by atoms with van der Waals surface area (Å²) in [7, 11) is 1.56. The molecule has 152 valence electrons. The Labute approximate surface area is 176 Å². The summed E-state index contributed by atoms with van der Waals surface area (Å²) in [6, 6.07) is 10.9. The molecule has 0 atom stereocenters. The lowest BCUT2D eigenvalue weighted by molar-refractivity contribution is -0.113. The van der Waals surface area contributed by atoms with Crippen LogP contribution < -0.4 is 10.1 Å². The summed E-state index contributed by atoms with van der Waals surface area (Å²) < 4.78 is 12.6. The second kappa shape index (κ2) is 9.23. The lowest BCUT2D eigenvalue weighted by Crippen LogP contribution is -2.15. The Balaban J connectivity index is 1.52. The molecule has 0 fully saturated rings. The highest BCUT2D eigenvalue weighted by molar-refractivity contribution is 7.99. The fourth-order valence-corrected chi connectivity index (χ4v) is 3.50. The van der Waals surface area contributed by atoms with E-state index in [1.54, 1.807) is 44.1 Å². The van der Waals surface area contributed by atoms with Crippen molar-refractivity contribution in [1.82, 2.24) is 24.7 Å². The van der Waals surface area contributed by atoms with Crippen molar-refractivity contribution in [1.29, 1.82) is 0 Å². The van der Waals surface area contributed by atoms with E-state index < -0.39 is 0 Å². The minimum Gasteiger partial charge on any atom is -0.495 e. The van der Waals surface area contributed by atoms with Gasteiger partial charge in [0, 0.05) is 12.4 Å². The van der Waals surface area contributed by atoms with Gasteiger partial charge in [-0.15, -0.1) is 10.2 Å². The minimum absolute atomic E-state index is 0.148. The quantitative estimate of drug-likeness (QED) is 0.432. The number of benzene rings is 1. The van der Waals surface area contributed by atoms with Crippen molar-refractivity contribution in [3.8, 4) is 17.3 Å². The average molecular weight is 422 g/mol. The molecule has 1 aromatic carbocycles.